The molecule has 0 unspecified atom stereocenters. The fraction of sp³-hybridized carbons (Fsp3) is 0.588. The Labute approximate surface area is 140 Å². The van der Waals surface area contributed by atoms with Gasteiger partial charge in [-0.05, 0) is 25.0 Å². The van der Waals surface area contributed by atoms with Gasteiger partial charge in [-0.2, -0.15) is 0 Å². The lowest BCUT2D eigenvalue weighted by Gasteiger charge is -2.17. The third kappa shape index (κ3) is 3.96. The van der Waals surface area contributed by atoms with Crippen LogP contribution in [-0.4, -0.2) is 34.8 Å². The van der Waals surface area contributed by atoms with Crippen molar-refractivity contribution in [2.45, 2.75) is 63.6 Å². The molecule has 0 radical (unpaired) electrons. The Hall–Kier alpha value is -2.31. The Morgan fingerprint density at radius 3 is 2.67 bits per heavy atom. The highest BCUT2D eigenvalue weighted by Crippen LogP contribution is 2.18. The summed E-state index contributed by atoms with van der Waals surface area (Å²) in [6, 6.07) is 2.31. The second-order valence-corrected chi connectivity index (χ2v) is 6.47. The lowest BCUT2D eigenvalue weighted by atomic mass is 10.1. The average Bonchev–Trinajstić information content (AvgIpc) is 3.05. The van der Waals surface area contributed by atoms with Crippen LogP contribution < -0.4 is 10.6 Å². The van der Waals surface area contributed by atoms with E-state index in [4.69, 9.17) is 4.42 Å². The van der Waals surface area contributed by atoms with Gasteiger partial charge in [-0.1, -0.05) is 25.7 Å². The average molecular weight is 333 g/mol. The van der Waals surface area contributed by atoms with E-state index in [1.807, 2.05) is 0 Å². The first-order chi connectivity index (χ1) is 11.6. The molecule has 1 aromatic heterocycles. The molecule has 1 atom stereocenters. The minimum absolute atomic E-state index is 0.0181. The zero-order valence-corrected chi connectivity index (χ0v) is 13.6. The fourth-order valence-electron chi connectivity index (χ4n) is 3.32. The van der Waals surface area contributed by atoms with Crippen LogP contribution in [0.1, 0.15) is 50.7 Å². The molecule has 0 aromatic carbocycles. The van der Waals surface area contributed by atoms with Crippen molar-refractivity contribution in [1.82, 2.24) is 15.5 Å². The molecular formula is C17H23N3O4. The number of amides is 4. The number of urea groups is 1. The van der Waals surface area contributed by atoms with Gasteiger partial charge < -0.3 is 15.1 Å². The summed E-state index contributed by atoms with van der Waals surface area (Å²) in [7, 11) is 0. The van der Waals surface area contributed by atoms with Crippen molar-refractivity contribution in [3.8, 4) is 0 Å². The van der Waals surface area contributed by atoms with E-state index in [1.54, 1.807) is 12.1 Å². The van der Waals surface area contributed by atoms with Crippen LogP contribution in [0.2, 0.25) is 0 Å². The minimum Gasteiger partial charge on any atom is -0.467 e. The van der Waals surface area contributed by atoms with Crippen LogP contribution in [0.5, 0.6) is 0 Å². The Balaban J connectivity index is 1.52. The largest absolute Gasteiger partial charge is 0.467 e. The standard InChI is InChI=1S/C17H23N3O4/c21-15(18-12-6-3-1-2-4-7-12)10-14-16(22)20(17(23)19-14)11-13-8-5-9-24-13/h5,8-9,12,14H,1-4,6-7,10-11H2,(H,18,21)(H,19,23)/t14-/m0/s1. The van der Waals surface area contributed by atoms with Gasteiger partial charge in [0.25, 0.3) is 5.91 Å². The normalized spacial score (nSPS) is 22.3. The van der Waals surface area contributed by atoms with E-state index in [9.17, 15) is 14.4 Å². The topological polar surface area (TPSA) is 91.7 Å². The van der Waals surface area contributed by atoms with Gasteiger partial charge in [-0.3, -0.25) is 14.5 Å². The lowest BCUT2D eigenvalue weighted by Crippen LogP contribution is -2.40. The summed E-state index contributed by atoms with van der Waals surface area (Å²) in [6.45, 7) is 0.0818. The molecule has 2 fully saturated rings. The van der Waals surface area contributed by atoms with Crippen LogP contribution in [0, 0.1) is 0 Å². The molecule has 2 aliphatic rings. The molecule has 0 bridgehead atoms. The third-order valence-corrected chi connectivity index (χ3v) is 4.61. The maximum atomic E-state index is 12.3. The number of carbonyl (C=O) groups is 3. The van der Waals surface area contributed by atoms with Gasteiger partial charge in [0, 0.05) is 6.04 Å². The van der Waals surface area contributed by atoms with Crippen LogP contribution in [0.4, 0.5) is 4.79 Å². The van der Waals surface area contributed by atoms with Gasteiger partial charge in [0.2, 0.25) is 5.91 Å². The van der Waals surface area contributed by atoms with Crippen LogP contribution in [0.25, 0.3) is 0 Å². The lowest BCUT2D eigenvalue weighted by molar-refractivity contribution is -0.131. The summed E-state index contributed by atoms with van der Waals surface area (Å²) in [6.07, 6.45) is 8.13. The van der Waals surface area contributed by atoms with Crippen LogP contribution in [-0.2, 0) is 16.1 Å². The molecule has 2 N–H and O–H groups in total. The predicted molar refractivity (Wildman–Crippen MR) is 85.8 cm³/mol. The molecule has 1 saturated heterocycles. The third-order valence-electron chi connectivity index (χ3n) is 4.61. The maximum absolute atomic E-state index is 12.3. The summed E-state index contributed by atoms with van der Waals surface area (Å²) >= 11 is 0. The van der Waals surface area contributed by atoms with Gasteiger partial charge in [0.15, 0.2) is 0 Å². The molecular weight excluding hydrogens is 310 g/mol. The highest BCUT2D eigenvalue weighted by atomic mass is 16.3. The van der Waals surface area contributed by atoms with Gasteiger partial charge >= 0.3 is 6.03 Å². The first kappa shape index (κ1) is 16.5. The van der Waals surface area contributed by atoms with Crippen molar-refractivity contribution in [2.24, 2.45) is 0 Å². The first-order valence-corrected chi connectivity index (χ1v) is 8.57. The van der Waals surface area contributed by atoms with Crippen LogP contribution in [0.15, 0.2) is 22.8 Å². The number of nitrogens with one attached hydrogen (secondary N) is 2. The van der Waals surface area contributed by atoms with E-state index in [0.29, 0.717) is 5.76 Å². The molecule has 24 heavy (non-hydrogen) atoms. The Morgan fingerprint density at radius 2 is 2.00 bits per heavy atom. The highest BCUT2D eigenvalue weighted by molar-refractivity contribution is 6.05. The molecule has 130 valence electrons. The highest BCUT2D eigenvalue weighted by Gasteiger charge is 2.39. The molecule has 3 rings (SSSR count). The quantitative estimate of drug-likeness (QED) is 0.636. The Morgan fingerprint density at radius 1 is 1.25 bits per heavy atom. The summed E-state index contributed by atoms with van der Waals surface area (Å²) in [5, 5.41) is 5.58. The number of hydrogen-bond acceptors (Lipinski definition) is 4. The second-order valence-electron chi connectivity index (χ2n) is 6.47. The number of hydrogen-bond donors (Lipinski definition) is 2. The van der Waals surface area contributed by atoms with Crippen molar-refractivity contribution >= 4 is 17.8 Å². The number of imide groups is 1. The summed E-state index contributed by atoms with van der Waals surface area (Å²) in [5.74, 6) is -0.0325. The van der Waals surface area contributed by atoms with Crippen molar-refractivity contribution in [3.63, 3.8) is 0 Å². The number of carbonyl (C=O) groups excluding carboxylic acids is 3. The number of nitrogens with zero attached hydrogens (tertiary/aromatic N) is 1. The zero-order chi connectivity index (χ0) is 16.9. The Bertz CT molecular complexity index is 591. The smallest absolute Gasteiger partial charge is 0.325 e. The molecule has 0 spiro atoms. The van der Waals surface area contributed by atoms with Crippen molar-refractivity contribution in [1.29, 1.82) is 0 Å². The fourth-order valence-corrected chi connectivity index (χ4v) is 3.32. The van der Waals surface area contributed by atoms with Gasteiger partial charge in [-0.25, -0.2) is 4.79 Å². The Kier molecular flexibility index (Phi) is 5.17. The summed E-state index contributed by atoms with van der Waals surface area (Å²) in [4.78, 5) is 37.6. The van der Waals surface area contributed by atoms with E-state index in [-0.39, 0.29) is 30.8 Å². The maximum Gasteiger partial charge on any atom is 0.325 e. The number of rotatable bonds is 5. The monoisotopic (exact) mass is 333 g/mol. The molecule has 2 heterocycles. The van der Waals surface area contributed by atoms with E-state index in [1.165, 1.54) is 19.1 Å². The molecule has 1 aliphatic heterocycles. The summed E-state index contributed by atoms with van der Waals surface area (Å²) < 4.78 is 5.17. The first-order valence-electron chi connectivity index (χ1n) is 8.57. The van der Waals surface area contributed by atoms with E-state index in [2.05, 4.69) is 10.6 Å². The summed E-state index contributed by atoms with van der Waals surface area (Å²) in [5.41, 5.74) is 0. The van der Waals surface area contributed by atoms with E-state index in [0.717, 1.165) is 30.6 Å². The van der Waals surface area contributed by atoms with Crippen molar-refractivity contribution < 1.29 is 18.8 Å². The van der Waals surface area contributed by atoms with E-state index >= 15 is 0 Å². The number of furan rings is 1. The predicted octanol–water partition coefficient (Wildman–Crippen LogP) is 1.93. The van der Waals surface area contributed by atoms with Crippen LogP contribution in [0.3, 0.4) is 0 Å². The molecule has 1 aliphatic carbocycles. The van der Waals surface area contributed by atoms with E-state index < -0.39 is 12.1 Å². The second kappa shape index (κ2) is 7.51. The van der Waals surface area contributed by atoms with Gasteiger partial charge in [0.1, 0.15) is 11.8 Å². The molecule has 7 nitrogen and oxygen atoms in total. The van der Waals surface area contributed by atoms with Gasteiger partial charge in [-0.15, -0.1) is 0 Å². The van der Waals surface area contributed by atoms with Crippen LogP contribution >= 0.6 is 0 Å². The molecule has 7 heteroatoms. The van der Waals surface area contributed by atoms with Gasteiger partial charge in [0.05, 0.1) is 19.2 Å². The molecule has 1 saturated carbocycles. The molecule has 4 amide bonds. The SMILES string of the molecule is O=C(C[C@@H]1NC(=O)N(Cc2ccco2)C1=O)NC1CCCCCC1. The zero-order valence-electron chi connectivity index (χ0n) is 13.6. The van der Waals surface area contributed by atoms with Crippen molar-refractivity contribution in [2.75, 3.05) is 0 Å². The minimum atomic E-state index is -0.793. The van der Waals surface area contributed by atoms with Crippen molar-refractivity contribution in [3.05, 3.63) is 24.2 Å². The molecule has 1 aromatic rings.